The average molecular weight is 564 g/mol. The van der Waals surface area contributed by atoms with Crippen molar-refractivity contribution >= 4 is 23.8 Å². The number of aliphatic imine (C=N–C) groups is 1. The predicted molar refractivity (Wildman–Crippen MR) is 168 cm³/mol. The van der Waals surface area contributed by atoms with Crippen LogP contribution in [0, 0.1) is 28.6 Å². The summed E-state index contributed by atoms with van der Waals surface area (Å²) in [5.74, 6) is 1.64. The highest BCUT2D eigenvalue weighted by atomic mass is 35.5. The number of fused-ring (bicyclic) bond motifs is 5. The second-order valence-electron chi connectivity index (χ2n) is 12.8. The van der Waals surface area contributed by atoms with Crippen LogP contribution in [0.1, 0.15) is 105 Å². The maximum atomic E-state index is 10.8. The lowest BCUT2D eigenvalue weighted by Gasteiger charge is -2.63. The lowest BCUT2D eigenvalue weighted by atomic mass is 9.43. The highest BCUT2D eigenvalue weighted by Gasteiger charge is 2.64. The van der Waals surface area contributed by atoms with Crippen molar-refractivity contribution in [3.8, 4) is 0 Å². The Morgan fingerprint density at radius 2 is 1.77 bits per heavy atom. The van der Waals surface area contributed by atoms with E-state index in [9.17, 15) is 4.79 Å². The van der Waals surface area contributed by atoms with Crippen LogP contribution < -0.4 is 16.4 Å². The van der Waals surface area contributed by atoms with Crippen molar-refractivity contribution in [1.82, 2.24) is 9.95 Å². The van der Waals surface area contributed by atoms with E-state index in [1.165, 1.54) is 69.7 Å². The summed E-state index contributed by atoms with van der Waals surface area (Å²) < 4.78 is 0. The zero-order valence-corrected chi connectivity index (χ0v) is 26.6. The fraction of sp³-hybridized carbons (Fsp3) is 0.812. The van der Waals surface area contributed by atoms with Gasteiger partial charge in [-0.2, -0.15) is 4.94 Å². The summed E-state index contributed by atoms with van der Waals surface area (Å²) in [6.07, 6.45) is 16.5. The molecule has 1 saturated heterocycles. The Morgan fingerprint density at radius 3 is 2.33 bits per heavy atom. The second kappa shape index (κ2) is 15.3. The van der Waals surface area contributed by atoms with Gasteiger partial charge >= 0.3 is 0 Å². The topological polar surface area (TPSA) is 96.7 Å². The summed E-state index contributed by atoms with van der Waals surface area (Å²) >= 11 is 5.28. The molecular weight excluding hydrogens is 506 g/mol. The molecule has 4 aliphatic carbocycles. The highest BCUT2D eigenvalue weighted by Crippen LogP contribution is 2.67. The van der Waals surface area contributed by atoms with Gasteiger partial charge in [-0.1, -0.05) is 57.9 Å². The van der Waals surface area contributed by atoms with Crippen LogP contribution >= 0.6 is 11.8 Å². The molecular formula is C32H58ClN5O. The Hall–Kier alpha value is -1.05. The summed E-state index contributed by atoms with van der Waals surface area (Å²) in [6.45, 7) is 18.1. The monoisotopic (exact) mass is 563 g/mol. The first-order valence-electron chi connectivity index (χ1n) is 15.4. The third-order valence-corrected chi connectivity index (χ3v) is 10.7. The Kier molecular flexibility index (Phi) is 13.4. The van der Waals surface area contributed by atoms with E-state index in [2.05, 4.69) is 62.9 Å². The molecule has 1 heterocycles. The van der Waals surface area contributed by atoms with Crippen LogP contribution in [0.15, 0.2) is 28.8 Å². The molecule has 7 heteroatoms. The fourth-order valence-electron chi connectivity index (χ4n) is 8.64. The molecule has 1 aliphatic heterocycles. The lowest BCUT2D eigenvalue weighted by Crippen LogP contribution is -2.66. The van der Waals surface area contributed by atoms with Gasteiger partial charge in [-0.3, -0.25) is 4.99 Å². The molecule has 6 nitrogen and oxygen atoms in total. The van der Waals surface area contributed by atoms with Crippen molar-refractivity contribution in [3.05, 3.63) is 23.8 Å². The third kappa shape index (κ3) is 7.24. The van der Waals surface area contributed by atoms with Crippen LogP contribution in [0.5, 0.6) is 0 Å². The van der Waals surface area contributed by atoms with E-state index in [1.54, 1.807) is 5.57 Å². The van der Waals surface area contributed by atoms with Crippen molar-refractivity contribution in [2.24, 2.45) is 45.0 Å². The SMILES string of the molecule is C=C1C=C2CCC3(N)C(CCC4(C)C(C(C)=NCC=O)CCC43)C2(C)CC1.CCC.CN.ClNN1CCCC1. The minimum absolute atomic E-state index is 0.0581. The van der Waals surface area contributed by atoms with Gasteiger partial charge in [0.2, 0.25) is 0 Å². The largest absolute Gasteiger partial charge is 0.333 e. The van der Waals surface area contributed by atoms with Crippen LogP contribution in [0.4, 0.5) is 0 Å². The molecule has 39 heavy (non-hydrogen) atoms. The molecule has 0 spiro atoms. The molecule has 5 N–H and O–H groups in total. The van der Waals surface area contributed by atoms with E-state index in [-0.39, 0.29) is 16.4 Å². The number of hydrogen-bond acceptors (Lipinski definition) is 6. The second-order valence-corrected chi connectivity index (χ2v) is 12.9. The molecule has 3 saturated carbocycles. The van der Waals surface area contributed by atoms with Gasteiger partial charge in [-0.05, 0) is 113 Å². The van der Waals surface area contributed by atoms with E-state index in [0.717, 1.165) is 38.6 Å². The minimum atomic E-state index is -0.0581. The van der Waals surface area contributed by atoms with Crippen LogP contribution in [0.25, 0.3) is 0 Å². The van der Waals surface area contributed by atoms with Crippen molar-refractivity contribution < 1.29 is 4.79 Å². The molecule has 6 atom stereocenters. The molecule has 0 aromatic carbocycles. The van der Waals surface area contributed by atoms with E-state index in [1.807, 2.05) is 5.01 Å². The molecule has 5 aliphatic rings. The van der Waals surface area contributed by atoms with E-state index >= 15 is 0 Å². The first-order valence-corrected chi connectivity index (χ1v) is 15.8. The first kappa shape index (κ1) is 34.2. The summed E-state index contributed by atoms with van der Waals surface area (Å²) in [4.78, 5) is 17.9. The van der Waals surface area contributed by atoms with Gasteiger partial charge in [0.25, 0.3) is 0 Å². The van der Waals surface area contributed by atoms with E-state index < -0.39 is 0 Å². The molecule has 6 unspecified atom stereocenters. The normalized spacial score (nSPS) is 37.4. The number of rotatable bonds is 4. The number of halogens is 1. The summed E-state index contributed by atoms with van der Waals surface area (Å²) in [7, 11) is 1.50. The zero-order chi connectivity index (χ0) is 29.3. The molecule has 5 rings (SSSR count). The number of allylic oxidation sites excluding steroid dienone is 3. The number of hydrazine groups is 1. The molecule has 0 aromatic rings. The fourth-order valence-corrected chi connectivity index (χ4v) is 8.81. The van der Waals surface area contributed by atoms with Gasteiger partial charge in [-0.15, -0.1) is 0 Å². The van der Waals surface area contributed by atoms with Crippen molar-refractivity contribution in [1.29, 1.82) is 0 Å². The van der Waals surface area contributed by atoms with Crippen molar-refractivity contribution in [2.45, 2.75) is 111 Å². The van der Waals surface area contributed by atoms with Crippen molar-refractivity contribution in [3.63, 3.8) is 0 Å². The maximum Gasteiger partial charge on any atom is 0.141 e. The van der Waals surface area contributed by atoms with Gasteiger partial charge in [0.05, 0.1) is 6.54 Å². The number of nitrogens with zero attached hydrogens (tertiary/aromatic N) is 2. The van der Waals surface area contributed by atoms with Gasteiger partial charge in [0.15, 0.2) is 0 Å². The number of nitrogens with one attached hydrogen (secondary N) is 1. The summed E-state index contributed by atoms with van der Waals surface area (Å²) in [5.41, 5.74) is 16.4. The first-order chi connectivity index (χ1) is 18.6. The smallest absolute Gasteiger partial charge is 0.141 e. The average Bonchev–Trinajstić information content (AvgIpc) is 3.58. The van der Waals surface area contributed by atoms with Crippen LogP contribution in [-0.2, 0) is 4.79 Å². The van der Waals surface area contributed by atoms with Crippen LogP contribution in [-0.4, -0.2) is 49.2 Å². The zero-order valence-electron chi connectivity index (χ0n) is 25.8. The van der Waals surface area contributed by atoms with Gasteiger partial charge in [0, 0.05) is 30.3 Å². The number of nitrogens with two attached hydrogens (primary N) is 2. The maximum absolute atomic E-state index is 10.8. The molecule has 0 aromatic heterocycles. The molecule has 224 valence electrons. The van der Waals surface area contributed by atoms with Gasteiger partial charge in [-0.25, -0.2) is 5.01 Å². The van der Waals surface area contributed by atoms with Crippen LogP contribution in [0.3, 0.4) is 0 Å². The Bertz CT molecular complexity index is 869. The number of carbonyl (C=O) groups excluding carboxylic acids is 1. The van der Waals surface area contributed by atoms with Crippen molar-refractivity contribution in [2.75, 3.05) is 26.7 Å². The van der Waals surface area contributed by atoms with Gasteiger partial charge < -0.3 is 16.3 Å². The molecule has 0 amide bonds. The Balaban J connectivity index is 0.000000374. The van der Waals surface area contributed by atoms with Crippen LogP contribution in [0.2, 0.25) is 0 Å². The minimum Gasteiger partial charge on any atom is -0.333 e. The Morgan fingerprint density at radius 1 is 1.13 bits per heavy atom. The predicted octanol–water partition coefficient (Wildman–Crippen LogP) is 6.59. The molecule has 0 bridgehead atoms. The van der Waals surface area contributed by atoms with E-state index in [0.29, 0.717) is 24.3 Å². The molecule has 0 radical (unpaired) electrons. The van der Waals surface area contributed by atoms with Gasteiger partial charge in [0.1, 0.15) is 6.29 Å². The number of hydrogen-bond donors (Lipinski definition) is 3. The third-order valence-electron chi connectivity index (χ3n) is 10.4. The number of aldehydes is 1. The highest BCUT2D eigenvalue weighted by molar-refractivity contribution is 6.13. The van der Waals surface area contributed by atoms with E-state index in [4.69, 9.17) is 17.5 Å². The summed E-state index contributed by atoms with van der Waals surface area (Å²) in [6, 6.07) is 0. The molecule has 4 fully saturated rings. The summed E-state index contributed by atoms with van der Waals surface area (Å²) in [5, 5.41) is 2.00. The Labute approximate surface area is 244 Å². The number of carbonyl (C=O) groups is 1. The standard InChI is InChI=1S/C24H36N2O.C4H9ClN2.C3H8.CH5N/c1-16-7-10-22(3)18(15-16)8-12-24(25)20-6-5-19(17(2)26-13-14-27)23(20,4)11-9-21(22)24;5-6-7-3-1-2-4-7;1-3-2;1-2/h14-15,19-21H,1,5-13,25H2,2-4H3;6H,1-4H2;3H2,1-2H3;2H2,1H3. The quantitative estimate of drug-likeness (QED) is 0.203. The lowest BCUT2D eigenvalue weighted by molar-refractivity contribution is -0.106.